The lowest BCUT2D eigenvalue weighted by Crippen LogP contribution is -2.38. The molecule has 0 radical (unpaired) electrons. The molecule has 0 aliphatic heterocycles. The molecule has 0 atom stereocenters. The lowest BCUT2D eigenvalue weighted by molar-refractivity contribution is 0.198. The fraction of sp³-hybridized carbons (Fsp3) is 0.583. The fourth-order valence-corrected chi connectivity index (χ4v) is 4.00. The van der Waals surface area contributed by atoms with E-state index >= 15 is 0 Å². The Labute approximate surface area is 186 Å². The van der Waals surface area contributed by atoms with Crippen LogP contribution in [0.15, 0.2) is 29.3 Å². The molecule has 2 aromatic rings. The van der Waals surface area contributed by atoms with Crippen molar-refractivity contribution in [1.82, 2.24) is 20.4 Å². The van der Waals surface area contributed by atoms with Crippen molar-refractivity contribution in [2.75, 3.05) is 20.2 Å². The smallest absolute Gasteiger partial charge is 0.191 e. The third-order valence-corrected chi connectivity index (χ3v) is 5.56. The van der Waals surface area contributed by atoms with Crippen LogP contribution >= 0.6 is 0 Å². The van der Waals surface area contributed by atoms with Crippen LogP contribution in [0.4, 0.5) is 0 Å². The number of nitrogens with one attached hydrogen (secondary N) is 2. The predicted octanol–water partition coefficient (Wildman–Crippen LogP) is 3.98. The molecule has 170 valence electrons. The SMILES string of the molecule is CCNC(=NCc1cccc(OC)c1OC1CCCC1)NCCCn1nc(C)cc1C. The molecule has 7 heteroatoms. The van der Waals surface area contributed by atoms with Crippen molar-refractivity contribution in [1.29, 1.82) is 0 Å². The lowest BCUT2D eigenvalue weighted by atomic mass is 10.1. The Balaban J connectivity index is 1.60. The first-order valence-corrected chi connectivity index (χ1v) is 11.5. The first-order valence-electron chi connectivity index (χ1n) is 11.5. The minimum absolute atomic E-state index is 0.278. The van der Waals surface area contributed by atoms with Gasteiger partial charge in [-0.1, -0.05) is 12.1 Å². The first-order chi connectivity index (χ1) is 15.1. The maximum Gasteiger partial charge on any atom is 0.191 e. The number of nitrogens with zero attached hydrogens (tertiary/aromatic N) is 3. The first kappa shape index (κ1) is 23.0. The van der Waals surface area contributed by atoms with Gasteiger partial charge >= 0.3 is 0 Å². The van der Waals surface area contributed by atoms with Gasteiger partial charge in [-0.3, -0.25) is 4.68 Å². The zero-order chi connectivity index (χ0) is 22.1. The van der Waals surface area contributed by atoms with Gasteiger partial charge in [0.25, 0.3) is 0 Å². The Hall–Kier alpha value is -2.70. The second kappa shape index (κ2) is 11.6. The van der Waals surface area contributed by atoms with Crippen molar-refractivity contribution in [2.45, 2.75) is 72.1 Å². The van der Waals surface area contributed by atoms with Gasteiger partial charge in [0.05, 0.1) is 25.5 Å². The number of rotatable bonds is 10. The molecule has 1 heterocycles. The highest BCUT2D eigenvalue weighted by molar-refractivity contribution is 5.79. The quantitative estimate of drug-likeness (QED) is 0.341. The van der Waals surface area contributed by atoms with E-state index in [2.05, 4.69) is 46.4 Å². The summed E-state index contributed by atoms with van der Waals surface area (Å²) in [6.07, 6.45) is 5.95. The Morgan fingerprint density at radius 1 is 1.23 bits per heavy atom. The van der Waals surface area contributed by atoms with Gasteiger partial charge in [-0.2, -0.15) is 5.10 Å². The summed E-state index contributed by atoms with van der Waals surface area (Å²) < 4.78 is 14.0. The monoisotopic (exact) mass is 427 g/mol. The molecule has 7 nitrogen and oxygen atoms in total. The summed E-state index contributed by atoms with van der Waals surface area (Å²) in [6, 6.07) is 8.14. The van der Waals surface area contributed by atoms with Crippen LogP contribution in [0, 0.1) is 13.8 Å². The van der Waals surface area contributed by atoms with Gasteiger partial charge < -0.3 is 20.1 Å². The molecule has 2 N–H and O–H groups in total. The predicted molar refractivity (Wildman–Crippen MR) is 125 cm³/mol. The maximum atomic E-state index is 6.34. The summed E-state index contributed by atoms with van der Waals surface area (Å²) in [6.45, 7) is 9.26. The molecule has 0 spiro atoms. The molecule has 31 heavy (non-hydrogen) atoms. The fourth-order valence-electron chi connectivity index (χ4n) is 4.00. The molecule has 3 rings (SSSR count). The molecule has 0 amide bonds. The second-order valence-corrected chi connectivity index (χ2v) is 8.10. The molecular weight excluding hydrogens is 390 g/mol. The van der Waals surface area contributed by atoms with Gasteiger partial charge in [0.2, 0.25) is 0 Å². The van der Waals surface area contributed by atoms with E-state index in [1.807, 2.05) is 19.1 Å². The summed E-state index contributed by atoms with van der Waals surface area (Å²) in [4.78, 5) is 4.80. The largest absolute Gasteiger partial charge is 0.493 e. The van der Waals surface area contributed by atoms with Gasteiger partial charge in [0.15, 0.2) is 17.5 Å². The average molecular weight is 428 g/mol. The molecule has 1 saturated carbocycles. The number of guanidine groups is 1. The van der Waals surface area contributed by atoms with E-state index in [0.29, 0.717) is 6.54 Å². The van der Waals surface area contributed by atoms with Gasteiger partial charge in [0.1, 0.15) is 0 Å². The number of aliphatic imine (C=N–C) groups is 1. The standard InChI is InChI=1S/C24H37N5O2/c1-5-25-24(26-14-9-15-29-19(3)16-18(2)28-29)27-17-20-10-8-13-22(30-4)23(20)31-21-11-6-7-12-21/h8,10,13,16,21H,5-7,9,11-12,14-15,17H2,1-4H3,(H2,25,26,27). The maximum absolute atomic E-state index is 6.34. The Morgan fingerprint density at radius 2 is 2.03 bits per heavy atom. The molecular formula is C24H37N5O2. The van der Waals surface area contributed by atoms with E-state index in [4.69, 9.17) is 14.5 Å². The van der Waals surface area contributed by atoms with Crippen molar-refractivity contribution < 1.29 is 9.47 Å². The molecule has 0 bridgehead atoms. The number of para-hydroxylation sites is 1. The van der Waals surface area contributed by atoms with Gasteiger partial charge in [-0.25, -0.2) is 4.99 Å². The molecule has 1 aromatic carbocycles. The normalized spacial score (nSPS) is 14.6. The Bertz CT molecular complexity index is 856. The van der Waals surface area contributed by atoms with Crippen LogP contribution in [0.1, 0.15) is 56.0 Å². The number of ether oxygens (including phenoxy) is 2. The van der Waals surface area contributed by atoms with E-state index in [9.17, 15) is 0 Å². The minimum atomic E-state index is 0.278. The minimum Gasteiger partial charge on any atom is -0.493 e. The van der Waals surface area contributed by atoms with Crippen molar-refractivity contribution in [2.24, 2.45) is 4.99 Å². The lowest BCUT2D eigenvalue weighted by Gasteiger charge is -2.19. The van der Waals surface area contributed by atoms with Gasteiger partial charge in [0, 0.05) is 30.9 Å². The number of hydrogen-bond acceptors (Lipinski definition) is 4. The molecule has 0 unspecified atom stereocenters. The van der Waals surface area contributed by atoms with E-state index in [0.717, 1.165) is 67.6 Å². The highest BCUT2D eigenvalue weighted by Crippen LogP contribution is 2.35. The number of hydrogen-bond donors (Lipinski definition) is 2. The molecule has 1 aliphatic rings. The van der Waals surface area contributed by atoms with Crippen molar-refractivity contribution in [3.05, 3.63) is 41.2 Å². The number of benzene rings is 1. The molecule has 1 aliphatic carbocycles. The van der Waals surface area contributed by atoms with Crippen LogP contribution in [0.2, 0.25) is 0 Å². The van der Waals surface area contributed by atoms with Crippen molar-refractivity contribution >= 4 is 5.96 Å². The van der Waals surface area contributed by atoms with Crippen LogP contribution in [-0.4, -0.2) is 42.0 Å². The molecule has 1 aromatic heterocycles. The van der Waals surface area contributed by atoms with Crippen LogP contribution in [0.5, 0.6) is 11.5 Å². The van der Waals surface area contributed by atoms with E-state index in [-0.39, 0.29) is 6.10 Å². The summed E-state index contributed by atoms with van der Waals surface area (Å²) in [5.74, 6) is 2.42. The highest BCUT2D eigenvalue weighted by Gasteiger charge is 2.20. The van der Waals surface area contributed by atoms with Crippen LogP contribution in [-0.2, 0) is 13.1 Å². The second-order valence-electron chi connectivity index (χ2n) is 8.10. The van der Waals surface area contributed by atoms with E-state index < -0.39 is 0 Å². The van der Waals surface area contributed by atoms with E-state index in [1.165, 1.54) is 18.5 Å². The third kappa shape index (κ3) is 6.64. The average Bonchev–Trinajstić information content (AvgIpc) is 3.38. The Kier molecular flexibility index (Phi) is 8.62. The van der Waals surface area contributed by atoms with E-state index in [1.54, 1.807) is 7.11 Å². The molecule has 0 saturated heterocycles. The van der Waals surface area contributed by atoms with Crippen molar-refractivity contribution in [3.63, 3.8) is 0 Å². The van der Waals surface area contributed by atoms with Crippen LogP contribution < -0.4 is 20.1 Å². The van der Waals surface area contributed by atoms with Crippen molar-refractivity contribution in [3.8, 4) is 11.5 Å². The zero-order valence-electron chi connectivity index (χ0n) is 19.4. The summed E-state index contributed by atoms with van der Waals surface area (Å²) in [5.41, 5.74) is 3.31. The summed E-state index contributed by atoms with van der Waals surface area (Å²) >= 11 is 0. The van der Waals surface area contributed by atoms with Gasteiger partial charge in [-0.05, 0) is 65.0 Å². The summed E-state index contributed by atoms with van der Waals surface area (Å²) in [5, 5.41) is 11.3. The number of aryl methyl sites for hydroxylation is 3. The van der Waals surface area contributed by atoms with Gasteiger partial charge in [-0.15, -0.1) is 0 Å². The van der Waals surface area contributed by atoms with Crippen LogP contribution in [0.3, 0.4) is 0 Å². The Morgan fingerprint density at radius 3 is 2.71 bits per heavy atom. The third-order valence-electron chi connectivity index (χ3n) is 5.56. The number of methoxy groups -OCH3 is 1. The zero-order valence-corrected chi connectivity index (χ0v) is 19.4. The number of aromatic nitrogens is 2. The highest BCUT2D eigenvalue weighted by atomic mass is 16.5. The molecule has 1 fully saturated rings. The summed E-state index contributed by atoms with van der Waals surface area (Å²) in [7, 11) is 1.69. The topological polar surface area (TPSA) is 72.7 Å². The van der Waals surface area contributed by atoms with Crippen LogP contribution in [0.25, 0.3) is 0 Å².